The van der Waals surface area contributed by atoms with E-state index in [1.165, 1.54) is 25.7 Å². The fraction of sp³-hybridized carbons (Fsp3) is 0.833. The third kappa shape index (κ3) is 2.26. The highest BCUT2D eigenvalue weighted by Crippen LogP contribution is 2.32. The molecule has 4 nitrogen and oxygen atoms in total. The van der Waals surface area contributed by atoms with Gasteiger partial charge in [0.05, 0.1) is 5.54 Å². The Bertz CT molecular complexity index is 337. The molecule has 0 aromatic carbocycles. The zero-order chi connectivity index (χ0) is 11.6. The van der Waals surface area contributed by atoms with Crippen molar-refractivity contribution in [3.63, 3.8) is 0 Å². The zero-order valence-electron chi connectivity index (χ0n) is 10.5. The van der Waals surface area contributed by atoms with Gasteiger partial charge in [0.15, 0.2) is 5.82 Å². The van der Waals surface area contributed by atoms with Gasteiger partial charge in [0, 0.05) is 5.92 Å². The van der Waals surface area contributed by atoms with Gasteiger partial charge in [-0.3, -0.25) is 5.10 Å². The Morgan fingerprint density at radius 1 is 1.38 bits per heavy atom. The molecular formula is C12H22N4. The van der Waals surface area contributed by atoms with Crippen LogP contribution in [0.25, 0.3) is 0 Å². The van der Waals surface area contributed by atoms with Crippen LogP contribution in [0.15, 0.2) is 0 Å². The molecule has 1 saturated carbocycles. The van der Waals surface area contributed by atoms with Gasteiger partial charge in [0.25, 0.3) is 0 Å². The van der Waals surface area contributed by atoms with E-state index in [1.807, 2.05) is 0 Å². The second kappa shape index (κ2) is 4.53. The summed E-state index contributed by atoms with van der Waals surface area (Å²) in [5.41, 5.74) is -0.137. The molecular weight excluding hydrogens is 200 g/mol. The highest BCUT2D eigenvalue weighted by atomic mass is 15.2. The number of H-pyrrole nitrogens is 1. The van der Waals surface area contributed by atoms with E-state index in [0.29, 0.717) is 5.92 Å². The van der Waals surface area contributed by atoms with Crippen LogP contribution >= 0.6 is 0 Å². The van der Waals surface area contributed by atoms with Crippen molar-refractivity contribution in [1.82, 2.24) is 20.5 Å². The maximum atomic E-state index is 4.65. The van der Waals surface area contributed by atoms with Crippen LogP contribution in [0.4, 0.5) is 0 Å². The molecule has 0 amide bonds. The highest BCUT2D eigenvalue weighted by Gasteiger charge is 2.27. The predicted molar refractivity (Wildman–Crippen MR) is 64.3 cm³/mol. The first-order valence-electron chi connectivity index (χ1n) is 6.31. The minimum absolute atomic E-state index is 0.137. The summed E-state index contributed by atoms with van der Waals surface area (Å²) in [7, 11) is 0. The van der Waals surface area contributed by atoms with Gasteiger partial charge in [-0.1, -0.05) is 19.8 Å². The lowest BCUT2D eigenvalue weighted by Gasteiger charge is -2.21. The number of hydrogen-bond donors (Lipinski definition) is 2. The van der Waals surface area contributed by atoms with Gasteiger partial charge in [-0.05, 0) is 33.2 Å². The van der Waals surface area contributed by atoms with E-state index in [-0.39, 0.29) is 5.54 Å². The van der Waals surface area contributed by atoms with Crippen LogP contribution in [0.3, 0.4) is 0 Å². The molecule has 0 spiro atoms. The lowest BCUT2D eigenvalue weighted by Crippen LogP contribution is -2.37. The van der Waals surface area contributed by atoms with Gasteiger partial charge in [0.2, 0.25) is 0 Å². The summed E-state index contributed by atoms with van der Waals surface area (Å²) in [4.78, 5) is 4.65. The van der Waals surface area contributed by atoms with Gasteiger partial charge in [-0.15, -0.1) is 0 Å². The van der Waals surface area contributed by atoms with Crippen molar-refractivity contribution in [2.24, 2.45) is 0 Å². The van der Waals surface area contributed by atoms with Crippen molar-refractivity contribution in [3.8, 4) is 0 Å². The Morgan fingerprint density at radius 3 is 2.69 bits per heavy atom. The Hall–Kier alpha value is -0.900. The van der Waals surface area contributed by atoms with Crippen LogP contribution in [0, 0.1) is 0 Å². The van der Waals surface area contributed by atoms with Crippen LogP contribution in [0.1, 0.15) is 64.0 Å². The molecule has 1 aliphatic carbocycles. The summed E-state index contributed by atoms with van der Waals surface area (Å²) in [6.07, 6.45) is 5.18. The van der Waals surface area contributed by atoms with Crippen LogP contribution in [0.5, 0.6) is 0 Å². The lowest BCUT2D eigenvalue weighted by atomic mass is 10.0. The number of nitrogens with one attached hydrogen (secondary N) is 2. The zero-order valence-corrected chi connectivity index (χ0v) is 10.5. The SMILES string of the molecule is CCNC(C)(C)c1n[nH]c(C2CCCC2)n1. The maximum Gasteiger partial charge on any atom is 0.170 e. The van der Waals surface area contributed by atoms with E-state index < -0.39 is 0 Å². The molecule has 1 aromatic heterocycles. The first-order chi connectivity index (χ1) is 7.63. The number of rotatable bonds is 4. The number of aromatic amines is 1. The molecule has 0 aliphatic heterocycles. The summed E-state index contributed by atoms with van der Waals surface area (Å²) in [6, 6.07) is 0. The molecule has 16 heavy (non-hydrogen) atoms. The van der Waals surface area contributed by atoms with Crippen molar-refractivity contribution in [3.05, 3.63) is 11.6 Å². The van der Waals surface area contributed by atoms with Gasteiger partial charge in [-0.2, -0.15) is 5.10 Å². The maximum absolute atomic E-state index is 4.65. The largest absolute Gasteiger partial charge is 0.305 e. The van der Waals surface area contributed by atoms with E-state index >= 15 is 0 Å². The second-order valence-electron chi connectivity index (χ2n) is 5.18. The van der Waals surface area contributed by atoms with Gasteiger partial charge >= 0.3 is 0 Å². The van der Waals surface area contributed by atoms with Crippen LogP contribution in [-0.2, 0) is 5.54 Å². The first-order valence-corrected chi connectivity index (χ1v) is 6.31. The molecule has 1 heterocycles. The Labute approximate surface area is 97.2 Å². The standard InChI is InChI=1S/C12H22N4/c1-4-13-12(2,3)11-14-10(15-16-11)9-7-5-6-8-9/h9,13H,4-8H2,1-3H3,(H,14,15,16). The van der Waals surface area contributed by atoms with Crippen molar-refractivity contribution in [2.45, 2.75) is 57.9 Å². The molecule has 0 atom stereocenters. The smallest absolute Gasteiger partial charge is 0.170 e. The fourth-order valence-corrected chi connectivity index (χ4v) is 2.46. The molecule has 0 saturated heterocycles. The summed E-state index contributed by atoms with van der Waals surface area (Å²) < 4.78 is 0. The summed E-state index contributed by atoms with van der Waals surface area (Å²) >= 11 is 0. The normalized spacial score (nSPS) is 18.2. The highest BCUT2D eigenvalue weighted by molar-refractivity contribution is 5.06. The van der Waals surface area contributed by atoms with E-state index in [1.54, 1.807) is 0 Å². The lowest BCUT2D eigenvalue weighted by molar-refractivity contribution is 0.392. The third-order valence-electron chi connectivity index (χ3n) is 3.42. The van der Waals surface area contributed by atoms with Crippen molar-refractivity contribution >= 4 is 0 Å². The summed E-state index contributed by atoms with van der Waals surface area (Å²) in [5, 5.41) is 10.9. The fourth-order valence-electron chi connectivity index (χ4n) is 2.46. The number of aromatic nitrogens is 3. The molecule has 0 unspecified atom stereocenters. The molecule has 2 N–H and O–H groups in total. The Balaban J connectivity index is 2.12. The number of nitrogens with zero attached hydrogens (tertiary/aromatic N) is 2. The van der Waals surface area contributed by atoms with Crippen LogP contribution in [0.2, 0.25) is 0 Å². The van der Waals surface area contributed by atoms with Crippen molar-refractivity contribution in [2.75, 3.05) is 6.54 Å². The molecule has 0 radical (unpaired) electrons. The predicted octanol–water partition coefficient (Wildman–Crippen LogP) is 2.31. The minimum Gasteiger partial charge on any atom is -0.305 e. The second-order valence-corrected chi connectivity index (χ2v) is 5.18. The summed E-state index contributed by atoms with van der Waals surface area (Å²) in [5.74, 6) is 2.58. The molecule has 1 aromatic rings. The molecule has 1 aliphatic rings. The van der Waals surface area contributed by atoms with E-state index in [4.69, 9.17) is 0 Å². The van der Waals surface area contributed by atoms with Gasteiger partial charge < -0.3 is 5.32 Å². The Kier molecular flexibility index (Phi) is 3.28. The van der Waals surface area contributed by atoms with Crippen molar-refractivity contribution < 1.29 is 0 Å². The minimum atomic E-state index is -0.137. The quantitative estimate of drug-likeness (QED) is 0.822. The molecule has 90 valence electrons. The molecule has 4 heteroatoms. The van der Waals surface area contributed by atoms with Gasteiger partial charge in [0.1, 0.15) is 5.82 Å². The third-order valence-corrected chi connectivity index (χ3v) is 3.42. The van der Waals surface area contributed by atoms with E-state index in [0.717, 1.165) is 18.2 Å². The van der Waals surface area contributed by atoms with Crippen LogP contribution < -0.4 is 5.32 Å². The first kappa shape index (κ1) is 11.6. The van der Waals surface area contributed by atoms with E-state index in [2.05, 4.69) is 41.3 Å². The Morgan fingerprint density at radius 2 is 2.06 bits per heavy atom. The topological polar surface area (TPSA) is 53.6 Å². The van der Waals surface area contributed by atoms with Crippen LogP contribution in [-0.4, -0.2) is 21.7 Å². The molecule has 2 rings (SSSR count). The monoisotopic (exact) mass is 222 g/mol. The average molecular weight is 222 g/mol. The van der Waals surface area contributed by atoms with Crippen molar-refractivity contribution in [1.29, 1.82) is 0 Å². The van der Waals surface area contributed by atoms with E-state index in [9.17, 15) is 0 Å². The summed E-state index contributed by atoms with van der Waals surface area (Å²) in [6.45, 7) is 7.28. The molecule has 0 bridgehead atoms. The molecule has 1 fully saturated rings. The van der Waals surface area contributed by atoms with Gasteiger partial charge in [-0.25, -0.2) is 4.98 Å². The average Bonchev–Trinajstić information content (AvgIpc) is 2.89. The number of hydrogen-bond acceptors (Lipinski definition) is 3.